The number of amides is 4. The molecular weight excluding hydrogens is 737 g/mol. The Morgan fingerprint density at radius 3 is 2.09 bits per heavy atom. The van der Waals surface area contributed by atoms with Gasteiger partial charge in [-0.25, -0.2) is 0 Å². The highest BCUT2D eigenvalue weighted by Gasteiger charge is 2.43. The predicted molar refractivity (Wildman–Crippen MR) is 226 cm³/mol. The second kappa shape index (κ2) is 23.0. The lowest BCUT2D eigenvalue weighted by molar-refractivity contribution is -0.148. The summed E-state index contributed by atoms with van der Waals surface area (Å²) in [5.74, 6) is -1.76. The molecule has 10 atom stereocenters. The zero-order chi connectivity index (χ0) is 43.3. The molecule has 58 heavy (non-hydrogen) atoms. The molecule has 13 nitrogen and oxygen atoms in total. The van der Waals surface area contributed by atoms with Crippen LogP contribution in [0, 0.1) is 23.7 Å². The van der Waals surface area contributed by atoms with Crippen molar-refractivity contribution in [1.82, 2.24) is 30.3 Å². The highest BCUT2D eigenvalue weighted by atomic mass is 16.5. The van der Waals surface area contributed by atoms with Crippen molar-refractivity contribution in [2.24, 2.45) is 23.7 Å². The van der Waals surface area contributed by atoms with Gasteiger partial charge >= 0.3 is 0 Å². The molecule has 0 bridgehead atoms. The lowest BCUT2D eigenvalue weighted by atomic mass is 9.89. The van der Waals surface area contributed by atoms with Crippen molar-refractivity contribution in [2.75, 3.05) is 34.9 Å². The Labute approximate surface area is 347 Å². The number of pyridine rings is 1. The van der Waals surface area contributed by atoms with Crippen molar-refractivity contribution in [2.45, 2.75) is 136 Å². The van der Waals surface area contributed by atoms with E-state index in [0.717, 1.165) is 18.4 Å². The van der Waals surface area contributed by atoms with Gasteiger partial charge in [-0.2, -0.15) is 0 Å². The molecule has 4 amide bonds. The number of aliphatic hydroxyl groups excluding tert-OH is 1. The molecule has 13 heteroatoms. The molecule has 0 aliphatic carbocycles. The normalized spacial score (nSPS) is 19.2. The van der Waals surface area contributed by atoms with Gasteiger partial charge in [-0.15, -0.1) is 0 Å². The maximum Gasteiger partial charge on any atom is 0.245 e. The first-order chi connectivity index (χ1) is 27.5. The van der Waals surface area contributed by atoms with E-state index in [1.807, 2.05) is 96.0 Å². The first-order valence-electron chi connectivity index (χ1n) is 21.0. The summed E-state index contributed by atoms with van der Waals surface area (Å²) in [5, 5.41) is 16.9. The van der Waals surface area contributed by atoms with Gasteiger partial charge in [0.05, 0.1) is 54.8 Å². The molecule has 1 aromatic carbocycles. The number of benzene rings is 1. The molecule has 0 spiro atoms. The number of ether oxygens (including phenoxy) is 2. The summed E-state index contributed by atoms with van der Waals surface area (Å²) in [6.45, 7) is 16.5. The number of likely N-dealkylation sites (N-methyl/N-ethyl adjacent to an activating group) is 2. The largest absolute Gasteiger partial charge is 0.386 e. The summed E-state index contributed by atoms with van der Waals surface area (Å²) in [4.78, 5) is 65.9. The lowest BCUT2D eigenvalue weighted by Gasteiger charge is -2.41. The molecule has 0 radical (unpaired) electrons. The zero-order valence-corrected chi connectivity index (χ0v) is 37.1. The highest BCUT2D eigenvalue weighted by Crippen LogP contribution is 2.30. The number of aromatic nitrogens is 1. The number of nitrogens with one attached hydrogen (secondary N) is 2. The van der Waals surface area contributed by atoms with Crippen LogP contribution in [-0.2, 0) is 35.2 Å². The van der Waals surface area contributed by atoms with E-state index in [-0.39, 0.29) is 53.8 Å². The monoisotopic (exact) mass is 809 g/mol. The third-order valence-corrected chi connectivity index (χ3v) is 12.0. The standard InChI is InChI=1S/C45H72N6O7/c1-13-30(6)40(50(10)45(56)38(28(2)3)48-44(55)39(29(4)5)49(9)27-33-21-23-46-24-22-33)36(57-11)26-37(52)51-25-17-20-35(51)42(58-12)31(7)43(54)47-32(8)41(53)34-18-15-14-16-19-34/h14-16,18-19,21-24,28-32,35-36,38-42,53H,13,17,20,25-27H2,1-12H3,(H,47,54)(H,48,55). The topological polar surface area (TPSA) is 154 Å². The summed E-state index contributed by atoms with van der Waals surface area (Å²) >= 11 is 0. The van der Waals surface area contributed by atoms with Crippen LogP contribution in [0.3, 0.4) is 0 Å². The van der Waals surface area contributed by atoms with Crippen LogP contribution in [0.5, 0.6) is 0 Å². The molecular formula is C45H72N6O7. The van der Waals surface area contributed by atoms with Gasteiger partial charge in [0.2, 0.25) is 23.6 Å². The number of rotatable bonds is 22. The van der Waals surface area contributed by atoms with Gasteiger partial charge in [-0.1, -0.05) is 85.2 Å². The van der Waals surface area contributed by atoms with Gasteiger partial charge in [0.25, 0.3) is 0 Å². The van der Waals surface area contributed by atoms with E-state index < -0.39 is 48.4 Å². The number of carbonyl (C=O) groups excluding carboxylic acids is 4. The number of hydrogen-bond donors (Lipinski definition) is 3. The van der Waals surface area contributed by atoms with Crippen LogP contribution in [0.4, 0.5) is 0 Å². The lowest BCUT2D eigenvalue weighted by Crippen LogP contribution is -2.60. The minimum absolute atomic E-state index is 0.0187. The average Bonchev–Trinajstić information content (AvgIpc) is 3.69. The third-order valence-electron chi connectivity index (χ3n) is 12.0. The van der Waals surface area contributed by atoms with Crippen LogP contribution in [0.2, 0.25) is 0 Å². The van der Waals surface area contributed by atoms with Gasteiger partial charge in [-0.05, 0) is 67.8 Å². The molecule has 1 fully saturated rings. The first kappa shape index (κ1) is 48.5. The molecule has 324 valence electrons. The molecule has 1 aromatic heterocycles. The van der Waals surface area contributed by atoms with E-state index in [0.29, 0.717) is 25.1 Å². The van der Waals surface area contributed by atoms with E-state index in [1.54, 1.807) is 57.3 Å². The summed E-state index contributed by atoms with van der Waals surface area (Å²) < 4.78 is 12.0. The van der Waals surface area contributed by atoms with Crippen LogP contribution >= 0.6 is 0 Å². The van der Waals surface area contributed by atoms with Crippen molar-refractivity contribution in [3.05, 3.63) is 66.0 Å². The first-order valence-corrected chi connectivity index (χ1v) is 21.0. The predicted octanol–water partition coefficient (Wildman–Crippen LogP) is 4.84. The van der Waals surface area contributed by atoms with Gasteiger partial charge in [-0.3, -0.25) is 29.1 Å². The Bertz CT molecular complexity index is 1580. The number of carbonyl (C=O) groups is 4. The van der Waals surface area contributed by atoms with E-state index >= 15 is 0 Å². The summed E-state index contributed by atoms with van der Waals surface area (Å²) in [6, 6.07) is 10.4. The fourth-order valence-corrected chi connectivity index (χ4v) is 8.54. The van der Waals surface area contributed by atoms with Crippen molar-refractivity contribution < 1.29 is 33.8 Å². The molecule has 0 saturated carbocycles. The van der Waals surface area contributed by atoms with Crippen LogP contribution in [0.25, 0.3) is 0 Å². The van der Waals surface area contributed by atoms with Crippen molar-refractivity contribution in [3.63, 3.8) is 0 Å². The molecule has 3 rings (SSSR count). The van der Waals surface area contributed by atoms with Gasteiger partial charge in [0, 0.05) is 46.8 Å². The van der Waals surface area contributed by atoms with E-state index in [9.17, 15) is 24.3 Å². The Hall–Kier alpha value is -3.91. The van der Waals surface area contributed by atoms with Crippen LogP contribution in [-0.4, -0.2) is 126 Å². The number of methoxy groups -OCH3 is 2. The smallest absolute Gasteiger partial charge is 0.245 e. The number of nitrogens with zero attached hydrogens (tertiary/aromatic N) is 4. The Balaban J connectivity index is 1.76. The Morgan fingerprint density at radius 2 is 1.53 bits per heavy atom. The van der Waals surface area contributed by atoms with E-state index in [2.05, 4.69) is 15.6 Å². The second-order valence-electron chi connectivity index (χ2n) is 16.9. The summed E-state index contributed by atoms with van der Waals surface area (Å²) in [7, 11) is 6.77. The molecule has 1 saturated heterocycles. The Morgan fingerprint density at radius 1 is 0.897 bits per heavy atom. The van der Waals surface area contributed by atoms with Gasteiger partial charge < -0.3 is 35.0 Å². The van der Waals surface area contributed by atoms with Gasteiger partial charge in [0.1, 0.15) is 6.04 Å². The van der Waals surface area contributed by atoms with Crippen molar-refractivity contribution in [3.8, 4) is 0 Å². The Kier molecular flexibility index (Phi) is 19.2. The SMILES string of the molecule is CCC(C)C(C(CC(=O)N1CCCC1C(OC)C(C)C(=O)NC(C)C(O)c1ccccc1)OC)N(C)C(=O)C(NC(=O)C(C(C)C)N(C)Cc1ccncc1)C(C)C. The molecule has 1 aliphatic rings. The van der Waals surface area contributed by atoms with E-state index in [4.69, 9.17) is 9.47 Å². The maximum atomic E-state index is 14.5. The van der Waals surface area contributed by atoms with Crippen LogP contribution in [0.1, 0.15) is 98.3 Å². The van der Waals surface area contributed by atoms with Gasteiger partial charge in [0.15, 0.2) is 0 Å². The number of likely N-dealkylation sites (tertiary alicyclic amines) is 1. The summed E-state index contributed by atoms with van der Waals surface area (Å²) in [5.41, 5.74) is 1.74. The molecule has 2 aromatic rings. The van der Waals surface area contributed by atoms with E-state index in [1.165, 1.54) is 0 Å². The third kappa shape index (κ3) is 12.5. The maximum absolute atomic E-state index is 14.5. The number of hydrogen-bond acceptors (Lipinski definition) is 9. The highest BCUT2D eigenvalue weighted by molar-refractivity contribution is 5.90. The van der Waals surface area contributed by atoms with Crippen molar-refractivity contribution >= 4 is 23.6 Å². The number of aliphatic hydroxyl groups is 1. The molecule has 3 N–H and O–H groups in total. The molecule has 10 unspecified atom stereocenters. The van der Waals surface area contributed by atoms with Crippen LogP contribution < -0.4 is 10.6 Å². The summed E-state index contributed by atoms with van der Waals surface area (Å²) in [6.07, 6.45) is 3.52. The van der Waals surface area contributed by atoms with Crippen LogP contribution in [0.15, 0.2) is 54.9 Å². The van der Waals surface area contributed by atoms with Crippen molar-refractivity contribution in [1.29, 1.82) is 0 Å². The molecule has 1 aliphatic heterocycles. The quantitative estimate of drug-likeness (QED) is 0.152. The zero-order valence-electron chi connectivity index (χ0n) is 37.1. The average molecular weight is 809 g/mol. The minimum atomic E-state index is -0.883. The minimum Gasteiger partial charge on any atom is -0.386 e. The second-order valence-corrected chi connectivity index (χ2v) is 16.9. The fraction of sp³-hybridized carbons (Fsp3) is 0.667. The molecule has 2 heterocycles. The fourth-order valence-electron chi connectivity index (χ4n) is 8.54.